The Bertz CT molecular complexity index is 621. The van der Waals surface area contributed by atoms with Crippen LogP contribution in [0.2, 0.25) is 0 Å². The maximum Gasteiger partial charge on any atom is 0.160 e. The summed E-state index contributed by atoms with van der Waals surface area (Å²) < 4.78 is 2.30. The zero-order valence-corrected chi connectivity index (χ0v) is 13.3. The molecule has 2 aromatic heterocycles. The fourth-order valence-electron chi connectivity index (χ4n) is 3.63. The molecule has 1 fully saturated rings. The van der Waals surface area contributed by atoms with Gasteiger partial charge >= 0.3 is 0 Å². The SMILES string of the molecule is CC1CCC(CN)(c2nc3cccnc3n2C(C)C)CC1. The smallest absolute Gasteiger partial charge is 0.160 e. The van der Waals surface area contributed by atoms with Gasteiger partial charge in [-0.1, -0.05) is 6.92 Å². The number of hydrogen-bond acceptors (Lipinski definition) is 3. The van der Waals surface area contributed by atoms with Crippen LogP contribution in [0.3, 0.4) is 0 Å². The molecule has 2 aromatic rings. The van der Waals surface area contributed by atoms with Gasteiger partial charge in [-0.3, -0.25) is 0 Å². The van der Waals surface area contributed by atoms with Crippen LogP contribution in [0.4, 0.5) is 0 Å². The van der Waals surface area contributed by atoms with E-state index in [0.717, 1.165) is 35.7 Å². The van der Waals surface area contributed by atoms with E-state index >= 15 is 0 Å². The van der Waals surface area contributed by atoms with Crippen LogP contribution in [0.25, 0.3) is 11.2 Å². The van der Waals surface area contributed by atoms with E-state index in [-0.39, 0.29) is 5.41 Å². The Hall–Kier alpha value is -1.42. The molecule has 0 aromatic carbocycles. The molecule has 0 saturated heterocycles. The number of imidazole rings is 1. The maximum atomic E-state index is 6.23. The summed E-state index contributed by atoms with van der Waals surface area (Å²) in [5.41, 5.74) is 8.25. The van der Waals surface area contributed by atoms with Crippen LogP contribution in [0.1, 0.15) is 58.3 Å². The topological polar surface area (TPSA) is 56.7 Å². The highest BCUT2D eigenvalue weighted by Gasteiger charge is 2.39. The highest BCUT2D eigenvalue weighted by atomic mass is 15.2. The summed E-state index contributed by atoms with van der Waals surface area (Å²) in [5, 5.41) is 0. The highest BCUT2D eigenvalue weighted by Crippen LogP contribution is 2.42. The molecule has 21 heavy (non-hydrogen) atoms. The first-order chi connectivity index (χ1) is 10.1. The van der Waals surface area contributed by atoms with Crippen molar-refractivity contribution in [2.75, 3.05) is 6.54 Å². The molecule has 4 nitrogen and oxygen atoms in total. The predicted molar refractivity (Wildman–Crippen MR) is 86.3 cm³/mol. The maximum absolute atomic E-state index is 6.23. The van der Waals surface area contributed by atoms with Gasteiger partial charge in [0.1, 0.15) is 11.3 Å². The number of hydrogen-bond donors (Lipinski definition) is 1. The number of nitrogens with zero attached hydrogens (tertiary/aromatic N) is 3. The molecule has 2 N–H and O–H groups in total. The molecule has 0 unspecified atom stereocenters. The zero-order chi connectivity index (χ0) is 15.0. The van der Waals surface area contributed by atoms with E-state index in [1.54, 1.807) is 0 Å². The van der Waals surface area contributed by atoms with Gasteiger partial charge in [0.25, 0.3) is 0 Å². The number of aromatic nitrogens is 3. The first-order valence-corrected chi connectivity index (χ1v) is 8.11. The van der Waals surface area contributed by atoms with Gasteiger partial charge in [0.15, 0.2) is 5.65 Å². The van der Waals surface area contributed by atoms with Crippen molar-refractivity contribution in [3.63, 3.8) is 0 Å². The third-order valence-electron chi connectivity index (χ3n) is 5.06. The van der Waals surface area contributed by atoms with Crippen LogP contribution in [0.15, 0.2) is 18.3 Å². The van der Waals surface area contributed by atoms with E-state index in [0.29, 0.717) is 12.6 Å². The molecule has 4 heteroatoms. The monoisotopic (exact) mass is 286 g/mol. The standard InChI is InChI=1S/C17H26N4/c1-12(2)21-15-14(5-4-10-19-15)20-16(21)17(11-18)8-6-13(3)7-9-17/h4-5,10,12-13H,6-9,11,18H2,1-3H3. The Morgan fingerprint density at radius 1 is 1.38 bits per heavy atom. The summed E-state index contributed by atoms with van der Waals surface area (Å²) in [7, 11) is 0. The van der Waals surface area contributed by atoms with Crippen molar-refractivity contribution in [1.82, 2.24) is 14.5 Å². The van der Waals surface area contributed by atoms with Gasteiger partial charge < -0.3 is 10.3 Å². The Kier molecular flexibility index (Phi) is 3.74. The Labute approximate surface area is 126 Å². The molecule has 0 aliphatic heterocycles. The van der Waals surface area contributed by atoms with Crippen molar-refractivity contribution in [3.8, 4) is 0 Å². The minimum absolute atomic E-state index is 0.0253. The second-order valence-electron chi connectivity index (χ2n) is 6.91. The van der Waals surface area contributed by atoms with Crippen molar-refractivity contribution in [1.29, 1.82) is 0 Å². The fourth-order valence-corrected chi connectivity index (χ4v) is 3.63. The van der Waals surface area contributed by atoms with Gasteiger partial charge in [-0.2, -0.15) is 0 Å². The molecule has 114 valence electrons. The van der Waals surface area contributed by atoms with Crippen LogP contribution in [0.5, 0.6) is 0 Å². The van der Waals surface area contributed by atoms with Gasteiger partial charge in [-0.05, 0) is 57.6 Å². The number of rotatable bonds is 3. The summed E-state index contributed by atoms with van der Waals surface area (Å²) >= 11 is 0. The lowest BCUT2D eigenvalue weighted by Crippen LogP contribution is -2.41. The average Bonchev–Trinajstić information content (AvgIpc) is 2.88. The van der Waals surface area contributed by atoms with Gasteiger partial charge in [0.05, 0.1) is 0 Å². The van der Waals surface area contributed by atoms with E-state index in [4.69, 9.17) is 10.7 Å². The number of fused-ring (bicyclic) bond motifs is 1. The van der Waals surface area contributed by atoms with Crippen LogP contribution < -0.4 is 5.73 Å². The summed E-state index contributed by atoms with van der Waals surface area (Å²) in [6, 6.07) is 4.37. The molecule has 2 heterocycles. The summed E-state index contributed by atoms with van der Waals surface area (Å²) in [5.74, 6) is 1.96. The minimum atomic E-state index is 0.0253. The second-order valence-corrected chi connectivity index (χ2v) is 6.91. The van der Waals surface area contributed by atoms with Gasteiger partial charge in [0.2, 0.25) is 0 Å². The van der Waals surface area contributed by atoms with E-state index < -0.39 is 0 Å². The van der Waals surface area contributed by atoms with Crippen molar-refractivity contribution >= 4 is 11.2 Å². The van der Waals surface area contributed by atoms with Gasteiger partial charge in [-0.15, -0.1) is 0 Å². The molecular weight excluding hydrogens is 260 g/mol. The molecule has 1 aliphatic rings. The van der Waals surface area contributed by atoms with Gasteiger partial charge in [0, 0.05) is 24.2 Å². The first kappa shape index (κ1) is 14.5. The quantitative estimate of drug-likeness (QED) is 0.940. The molecule has 1 aliphatic carbocycles. The molecular formula is C17H26N4. The lowest BCUT2D eigenvalue weighted by Gasteiger charge is -2.38. The lowest BCUT2D eigenvalue weighted by molar-refractivity contribution is 0.229. The minimum Gasteiger partial charge on any atom is -0.329 e. The molecule has 0 bridgehead atoms. The van der Waals surface area contributed by atoms with E-state index in [9.17, 15) is 0 Å². The van der Waals surface area contributed by atoms with Crippen LogP contribution in [0, 0.1) is 5.92 Å². The summed E-state index contributed by atoms with van der Waals surface area (Å²) in [6.45, 7) is 7.42. The average molecular weight is 286 g/mol. The Morgan fingerprint density at radius 3 is 2.71 bits per heavy atom. The molecule has 0 atom stereocenters. The molecule has 0 radical (unpaired) electrons. The van der Waals surface area contributed by atoms with Crippen molar-refractivity contribution in [3.05, 3.63) is 24.2 Å². The van der Waals surface area contributed by atoms with E-state index in [1.165, 1.54) is 12.8 Å². The highest BCUT2D eigenvalue weighted by molar-refractivity contribution is 5.71. The summed E-state index contributed by atoms with van der Waals surface area (Å²) in [6.07, 6.45) is 6.62. The number of nitrogens with two attached hydrogens (primary N) is 1. The van der Waals surface area contributed by atoms with E-state index in [1.807, 2.05) is 12.3 Å². The van der Waals surface area contributed by atoms with Crippen LogP contribution in [-0.2, 0) is 5.41 Å². The largest absolute Gasteiger partial charge is 0.329 e. The third-order valence-corrected chi connectivity index (χ3v) is 5.06. The Balaban J connectivity index is 2.16. The van der Waals surface area contributed by atoms with Crippen LogP contribution >= 0.6 is 0 Å². The normalized spacial score (nSPS) is 26.6. The Morgan fingerprint density at radius 2 is 2.10 bits per heavy atom. The molecule has 1 saturated carbocycles. The lowest BCUT2D eigenvalue weighted by atomic mass is 9.70. The fraction of sp³-hybridized carbons (Fsp3) is 0.647. The second kappa shape index (κ2) is 5.41. The summed E-state index contributed by atoms with van der Waals surface area (Å²) in [4.78, 5) is 9.50. The van der Waals surface area contributed by atoms with Crippen molar-refractivity contribution in [2.24, 2.45) is 11.7 Å². The molecule has 0 spiro atoms. The van der Waals surface area contributed by atoms with Gasteiger partial charge in [-0.25, -0.2) is 9.97 Å². The molecule has 3 rings (SSSR count). The molecule has 0 amide bonds. The predicted octanol–water partition coefficient (Wildman–Crippen LogP) is 3.42. The number of pyridine rings is 1. The van der Waals surface area contributed by atoms with Crippen molar-refractivity contribution < 1.29 is 0 Å². The van der Waals surface area contributed by atoms with E-state index in [2.05, 4.69) is 36.4 Å². The van der Waals surface area contributed by atoms with Crippen molar-refractivity contribution in [2.45, 2.75) is 57.9 Å². The zero-order valence-electron chi connectivity index (χ0n) is 13.3. The third kappa shape index (κ3) is 2.35. The first-order valence-electron chi connectivity index (χ1n) is 8.11. The van der Waals surface area contributed by atoms with Crippen LogP contribution in [-0.4, -0.2) is 21.1 Å².